The number of hydrogen-bond acceptors (Lipinski definition) is 2. The molecule has 4 rings (SSSR count). The summed E-state index contributed by atoms with van der Waals surface area (Å²) in [6.45, 7) is -0.455. The highest BCUT2D eigenvalue weighted by atomic mass is 19.2. The minimum atomic E-state index is -1.39. The van der Waals surface area contributed by atoms with Crippen LogP contribution in [0.15, 0.2) is 59.8 Å². The lowest BCUT2D eigenvalue weighted by Gasteiger charge is -2.16. The van der Waals surface area contributed by atoms with Crippen LogP contribution in [0.3, 0.4) is 0 Å². The summed E-state index contributed by atoms with van der Waals surface area (Å²) in [4.78, 5) is 0. The van der Waals surface area contributed by atoms with Gasteiger partial charge in [-0.2, -0.15) is 0 Å². The highest BCUT2D eigenvalue weighted by Gasteiger charge is 2.44. The van der Waals surface area contributed by atoms with Gasteiger partial charge in [0.2, 0.25) is 11.4 Å². The topological polar surface area (TPSA) is 18.6 Å². The molecule has 0 spiro atoms. The Bertz CT molecular complexity index is 1070. The van der Waals surface area contributed by atoms with E-state index in [1.165, 1.54) is 0 Å². The first kappa shape index (κ1) is 19.0. The molecular weight excluding hydrogens is 396 g/mol. The van der Waals surface area contributed by atoms with Gasteiger partial charge in [-0.1, -0.05) is 18.2 Å². The molecule has 3 aromatic carbocycles. The molecule has 0 saturated heterocycles. The minimum Gasteiger partial charge on any atom is -0.206 e. The van der Waals surface area contributed by atoms with Crippen molar-refractivity contribution >= 4 is 11.4 Å². The summed E-state index contributed by atoms with van der Waals surface area (Å²) in [5.41, 5.74) is -1.83. The predicted molar refractivity (Wildman–Crippen MR) is 91.5 cm³/mol. The molecule has 3 aromatic rings. The summed E-state index contributed by atoms with van der Waals surface area (Å²) in [5, 5.41) is 4.58. The van der Waals surface area contributed by atoms with Crippen molar-refractivity contribution in [3.8, 4) is 0 Å². The van der Waals surface area contributed by atoms with E-state index in [0.29, 0.717) is 5.01 Å². The minimum absolute atomic E-state index is 0.455. The molecule has 1 aliphatic heterocycles. The Morgan fingerprint density at radius 2 is 1.14 bits per heavy atom. The van der Waals surface area contributed by atoms with Crippen LogP contribution in [0.25, 0.3) is 0 Å². The van der Waals surface area contributed by atoms with Crippen LogP contribution in [0, 0.1) is 34.9 Å². The molecule has 29 heavy (non-hydrogen) atoms. The van der Waals surface area contributed by atoms with Crippen LogP contribution >= 0.6 is 0 Å². The van der Waals surface area contributed by atoms with E-state index in [-0.39, 0.29) is 0 Å². The lowest BCUT2D eigenvalue weighted by molar-refractivity contribution is -0.503. The molecule has 0 radical (unpaired) electrons. The number of halogens is 6. The maximum atomic E-state index is 14.4. The Morgan fingerprint density at radius 1 is 0.690 bits per heavy atom. The zero-order chi connectivity index (χ0) is 20.7. The monoisotopic (exact) mass is 408 g/mol. The van der Waals surface area contributed by atoms with Gasteiger partial charge in [-0.15, -0.1) is 9.71 Å². The average Bonchev–Trinajstić information content (AvgIpc) is 3.05. The smallest absolute Gasteiger partial charge is 0.206 e. The van der Waals surface area contributed by atoms with Gasteiger partial charge in [-0.3, -0.25) is 0 Å². The Kier molecular flexibility index (Phi) is 4.73. The summed E-state index contributed by atoms with van der Waals surface area (Å²) < 4.78 is 86.8. The van der Waals surface area contributed by atoms with Crippen molar-refractivity contribution in [3.63, 3.8) is 0 Å². The Hall–Kier alpha value is -3.36. The standard InChI is InChI=1S/C20H12F6N3/c21-11-4-1-5-12(22)18(11)17-10-28(19-13(23)6-2-7-14(19)24)27-29(17)20-15(25)8-3-9-16(20)26/h1-9,17H,10H2/q+1. The van der Waals surface area contributed by atoms with E-state index in [1.54, 1.807) is 0 Å². The fraction of sp³-hybridized carbons (Fsp3) is 0.100. The molecule has 0 saturated carbocycles. The van der Waals surface area contributed by atoms with E-state index in [4.69, 9.17) is 0 Å². The number of anilines is 1. The molecule has 3 nitrogen and oxygen atoms in total. The molecule has 1 aliphatic rings. The number of nitrogens with zero attached hydrogens (tertiary/aromatic N) is 3. The highest BCUT2D eigenvalue weighted by Crippen LogP contribution is 2.39. The highest BCUT2D eigenvalue weighted by molar-refractivity contribution is 5.51. The molecule has 0 fully saturated rings. The van der Waals surface area contributed by atoms with Gasteiger partial charge in [0, 0.05) is 0 Å². The Labute approximate surface area is 161 Å². The largest absolute Gasteiger partial charge is 0.221 e. The van der Waals surface area contributed by atoms with Crippen LogP contribution in [0.4, 0.5) is 37.7 Å². The van der Waals surface area contributed by atoms with Gasteiger partial charge < -0.3 is 0 Å². The van der Waals surface area contributed by atoms with Gasteiger partial charge in [-0.05, 0) is 36.4 Å². The summed E-state index contributed by atoms with van der Waals surface area (Å²) in [7, 11) is 0. The van der Waals surface area contributed by atoms with Gasteiger partial charge in [0.1, 0.15) is 11.6 Å². The van der Waals surface area contributed by atoms with Crippen LogP contribution in [-0.2, 0) is 0 Å². The van der Waals surface area contributed by atoms with Crippen molar-refractivity contribution in [3.05, 3.63) is 95.1 Å². The van der Waals surface area contributed by atoms with Crippen molar-refractivity contribution in [2.24, 2.45) is 5.22 Å². The van der Waals surface area contributed by atoms with Crippen LogP contribution in [0.5, 0.6) is 0 Å². The predicted octanol–water partition coefficient (Wildman–Crippen LogP) is 5.79. The summed E-state index contributed by atoms with van der Waals surface area (Å²) in [6, 6.07) is 7.75. The quantitative estimate of drug-likeness (QED) is 0.396. The molecule has 1 atom stereocenters. The maximum absolute atomic E-state index is 14.4. The second-order valence-corrected chi connectivity index (χ2v) is 6.31. The zero-order valence-electron chi connectivity index (χ0n) is 14.6. The SMILES string of the molecule is Fc1cccc(F)c1C1C[N+](c2c(F)cccc2F)=NN1c1c(F)cccc1F. The summed E-state index contributed by atoms with van der Waals surface area (Å²) in [6.07, 6.45) is 0. The Balaban J connectivity index is 1.92. The van der Waals surface area contributed by atoms with E-state index in [1.807, 2.05) is 0 Å². The van der Waals surface area contributed by atoms with Crippen LogP contribution in [0.2, 0.25) is 0 Å². The lowest BCUT2D eigenvalue weighted by atomic mass is 10.0. The van der Waals surface area contributed by atoms with E-state index in [9.17, 15) is 26.3 Å². The van der Waals surface area contributed by atoms with Crippen molar-refractivity contribution in [1.82, 2.24) is 0 Å². The van der Waals surface area contributed by atoms with Gasteiger partial charge in [0.15, 0.2) is 35.9 Å². The first-order valence-electron chi connectivity index (χ1n) is 8.48. The number of hydrogen-bond donors (Lipinski definition) is 0. The molecule has 0 bridgehead atoms. The second kappa shape index (κ2) is 7.23. The molecule has 0 aromatic heterocycles. The molecule has 148 valence electrons. The van der Waals surface area contributed by atoms with Gasteiger partial charge >= 0.3 is 0 Å². The third-order valence-corrected chi connectivity index (χ3v) is 4.54. The zero-order valence-corrected chi connectivity index (χ0v) is 14.6. The van der Waals surface area contributed by atoms with Crippen LogP contribution in [-0.4, -0.2) is 11.2 Å². The molecule has 0 amide bonds. The third-order valence-electron chi connectivity index (χ3n) is 4.54. The number of rotatable bonds is 3. The summed E-state index contributed by atoms with van der Waals surface area (Å²) in [5.74, 6) is -6.04. The third kappa shape index (κ3) is 3.22. The van der Waals surface area contributed by atoms with E-state index >= 15 is 0 Å². The molecule has 1 unspecified atom stereocenters. The fourth-order valence-electron chi connectivity index (χ4n) is 3.28. The second-order valence-electron chi connectivity index (χ2n) is 6.31. The fourth-order valence-corrected chi connectivity index (χ4v) is 3.28. The van der Waals surface area contributed by atoms with Crippen molar-refractivity contribution < 1.29 is 31.0 Å². The van der Waals surface area contributed by atoms with E-state index in [2.05, 4.69) is 5.22 Å². The molecule has 0 N–H and O–H groups in total. The van der Waals surface area contributed by atoms with Crippen LogP contribution < -0.4 is 5.01 Å². The molecular formula is C20H12F6N3+. The van der Waals surface area contributed by atoms with Gasteiger partial charge in [0.05, 0.1) is 10.8 Å². The molecule has 9 heteroatoms. The normalized spacial score (nSPS) is 16.3. The molecule has 0 aliphatic carbocycles. The number of para-hydroxylation sites is 2. The van der Waals surface area contributed by atoms with E-state index in [0.717, 1.165) is 59.3 Å². The van der Waals surface area contributed by atoms with Crippen molar-refractivity contribution in [1.29, 1.82) is 0 Å². The number of benzene rings is 3. The van der Waals surface area contributed by atoms with Crippen molar-refractivity contribution in [2.45, 2.75) is 6.04 Å². The first-order valence-corrected chi connectivity index (χ1v) is 8.48. The molecule has 1 heterocycles. The maximum Gasteiger partial charge on any atom is 0.221 e. The first-order chi connectivity index (χ1) is 13.9. The van der Waals surface area contributed by atoms with Gasteiger partial charge in [-0.25, -0.2) is 26.3 Å². The summed E-state index contributed by atoms with van der Waals surface area (Å²) >= 11 is 0. The average molecular weight is 408 g/mol. The van der Waals surface area contributed by atoms with Crippen LogP contribution in [0.1, 0.15) is 11.6 Å². The van der Waals surface area contributed by atoms with Gasteiger partial charge in [0.25, 0.3) is 0 Å². The Morgan fingerprint density at radius 3 is 1.66 bits per heavy atom. The lowest BCUT2D eigenvalue weighted by Crippen LogP contribution is -2.25. The van der Waals surface area contributed by atoms with E-state index < -0.39 is 64.4 Å². The van der Waals surface area contributed by atoms with Crippen molar-refractivity contribution in [2.75, 3.05) is 11.6 Å².